The van der Waals surface area contributed by atoms with E-state index in [1.807, 2.05) is 18.2 Å². The highest BCUT2D eigenvalue weighted by atomic mass is 16.6. The second-order valence-electron chi connectivity index (χ2n) is 9.87. The number of unbranched alkanes of at least 4 members (excludes halogenated alkanes) is 9. The number of carbonyl (C=O) groups excluding carboxylic acids is 3. The van der Waals surface area contributed by atoms with Crippen LogP contribution < -0.4 is 0 Å². The van der Waals surface area contributed by atoms with Crippen molar-refractivity contribution in [2.24, 2.45) is 0 Å². The van der Waals surface area contributed by atoms with Gasteiger partial charge in [-0.25, -0.2) is 0 Å². The number of hydrogen-bond acceptors (Lipinski definition) is 6. The highest BCUT2D eigenvalue weighted by Gasteiger charge is 2.15. The number of rotatable bonds is 26. The number of carbonyl (C=O) groups is 3. The molecule has 0 aliphatic heterocycles. The second-order valence-corrected chi connectivity index (χ2v) is 9.87. The van der Waals surface area contributed by atoms with Gasteiger partial charge in [-0.1, -0.05) is 108 Å². The van der Waals surface area contributed by atoms with E-state index >= 15 is 0 Å². The molecule has 0 bridgehead atoms. The fraction of sp³-hybridized carbons (Fsp3) is 0.667. The summed E-state index contributed by atoms with van der Waals surface area (Å²) in [6.45, 7) is 3.84. The van der Waals surface area contributed by atoms with E-state index in [0.29, 0.717) is 19.3 Å². The van der Waals surface area contributed by atoms with Crippen LogP contribution in [0.25, 0.3) is 0 Å². The molecule has 0 aromatic heterocycles. The molecule has 0 spiro atoms. The summed E-state index contributed by atoms with van der Waals surface area (Å²) in [5, 5.41) is 9.43. The zero-order valence-electron chi connectivity index (χ0n) is 24.6. The van der Waals surface area contributed by atoms with Gasteiger partial charge >= 0.3 is 11.9 Å². The third-order valence-electron chi connectivity index (χ3n) is 6.10. The molecule has 0 heterocycles. The van der Waals surface area contributed by atoms with Gasteiger partial charge in [0.2, 0.25) is 0 Å². The average molecular weight is 547 g/mol. The largest absolute Gasteiger partial charge is 0.462 e. The third kappa shape index (κ3) is 26.9. The minimum atomic E-state index is -0.813. The Hall–Kier alpha value is -2.47. The number of esters is 2. The third-order valence-corrected chi connectivity index (χ3v) is 6.10. The zero-order valence-corrected chi connectivity index (χ0v) is 24.6. The minimum absolute atomic E-state index is 0.105. The van der Waals surface area contributed by atoms with Crippen molar-refractivity contribution in [1.82, 2.24) is 0 Å². The van der Waals surface area contributed by atoms with E-state index in [2.05, 4.69) is 32.1 Å². The second kappa shape index (κ2) is 28.5. The van der Waals surface area contributed by atoms with Crippen molar-refractivity contribution in [3.05, 3.63) is 48.6 Å². The maximum atomic E-state index is 12.0. The summed E-state index contributed by atoms with van der Waals surface area (Å²) >= 11 is 0. The number of ether oxygens (including phenoxy) is 2. The lowest BCUT2D eigenvalue weighted by Crippen LogP contribution is -2.28. The Labute approximate surface area is 237 Å². The van der Waals surface area contributed by atoms with Gasteiger partial charge < -0.3 is 14.6 Å². The van der Waals surface area contributed by atoms with Gasteiger partial charge in [0.15, 0.2) is 11.9 Å². The van der Waals surface area contributed by atoms with Crippen LogP contribution in [0.1, 0.15) is 123 Å². The molecule has 6 heteroatoms. The first-order chi connectivity index (χ1) is 19.0. The topological polar surface area (TPSA) is 89.9 Å². The van der Waals surface area contributed by atoms with Crippen LogP contribution in [0.15, 0.2) is 48.6 Å². The van der Waals surface area contributed by atoms with Crippen LogP contribution in [0, 0.1) is 0 Å². The molecule has 6 nitrogen and oxygen atoms in total. The highest BCUT2D eigenvalue weighted by Crippen LogP contribution is 2.09. The first-order valence-corrected chi connectivity index (χ1v) is 15.1. The number of aliphatic hydroxyl groups is 1. The van der Waals surface area contributed by atoms with E-state index in [9.17, 15) is 19.5 Å². The molecule has 0 aromatic rings. The number of aliphatic hydroxyl groups excluding tert-OH is 1. The van der Waals surface area contributed by atoms with E-state index in [1.54, 1.807) is 12.2 Å². The number of ketones is 1. The molecule has 0 aliphatic carbocycles. The summed E-state index contributed by atoms with van der Waals surface area (Å²) in [4.78, 5) is 35.5. The first-order valence-electron chi connectivity index (χ1n) is 15.1. The molecule has 0 aromatic carbocycles. The predicted octanol–water partition coefficient (Wildman–Crippen LogP) is 7.90. The summed E-state index contributed by atoms with van der Waals surface area (Å²) < 4.78 is 10.4. The van der Waals surface area contributed by atoms with E-state index < -0.39 is 12.1 Å². The summed E-state index contributed by atoms with van der Waals surface area (Å²) in [6.07, 6.45) is 30.2. The molecule has 0 radical (unpaired) electrons. The van der Waals surface area contributed by atoms with Crippen molar-refractivity contribution >= 4 is 17.7 Å². The molecule has 222 valence electrons. The predicted molar refractivity (Wildman–Crippen MR) is 159 cm³/mol. The van der Waals surface area contributed by atoms with Crippen LogP contribution in [0.3, 0.4) is 0 Å². The fourth-order valence-corrected chi connectivity index (χ4v) is 3.73. The van der Waals surface area contributed by atoms with Crippen LogP contribution in [-0.2, 0) is 23.9 Å². The summed E-state index contributed by atoms with van der Waals surface area (Å²) in [7, 11) is 0. The zero-order chi connectivity index (χ0) is 28.8. The molecule has 1 atom stereocenters. The van der Waals surface area contributed by atoms with Crippen molar-refractivity contribution in [3.63, 3.8) is 0 Å². The Morgan fingerprint density at radius 1 is 0.667 bits per heavy atom. The van der Waals surface area contributed by atoms with Crippen molar-refractivity contribution in [3.8, 4) is 0 Å². The minimum Gasteiger partial charge on any atom is -0.462 e. The molecule has 0 saturated carbocycles. The molecule has 1 N–H and O–H groups in total. The quantitative estimate of drug-likeness (QED) is 0.0390. The summed E-state index contributed by atoms with van der Waals surface area (Å²) in [6, 6.07) is 0. The van der Waals surface area contributed by atoms with Gasteiger partial charge in [0.1, 0.15) is 6.61 Å². The summed E-state index contributed by atoms with van der Waals surface area (Å²) in [5.41, 5.74) is 0. The molecular weight excluding hydrogens is 492 g/mol. The van der Waals surface area contributed by atoms with Gasteiger partial charge in [0.05, 0.1) is 6.61 Å². The molecule has 0 amide bonds. The molecule has 0 saturated heterocycles. The van der Waals surface area contributed by atoms with E-state index in [4.69, 9.17) is 9.47 Å². The molecule has 39 heavy (non-hydrogen) atoms. The molecular formula is C33H54O6. The SMILES string of the molecule is CCCCCCCCCC(=O)OC[C@H](CO)OC(=O)CCC/C=C\C/C=C\C/C=C\C=C\C(=O)CCCCC. The highest BCUT2D eigenvalue weighted by molar-refractivity contribution is 5.89. The van der Waals surface area contributed by atoms with Crippen LogP contribution >= 0.6 is 0 Å². The van der Waals surface area contributed by atoms with Crippen molar-refractivity contribution in [2.75, 3.05) is 13.2 Å². The van der Waals surface area contributed by atoms with Gasteiger partial charge in [0, 0.05) is 19.3 Å². The normalized spacial score (nSPS) is 12.7. The van der Waals surface area contributed by atoms with Crippen molar-refractivity contribution in [2.45, 2.75) is 129 Å². The van der Waals surface area contributed by atoms with Crippen LogP contribution in [0.5, 0.6) is 0 Å². The Balaban J connectivity index is 3.82. The van der Waals surface area contributed by atoms with Gasteiger partial charge in [-0.05, 0) is 44.6 Å². The Morgan fingerprint density at radius 3 is 1.97 bits per heavy atom. The lowest BCUT2D eigenvalue weighted by atomic mass is 10.1. The smallest absolute Gasteiger partial charge is 0.306 e. The van der Waals surface area contributed by atoms with Crippen LogP contribution in [0.4, 0.5) is 0 Å². The monoisotopic (exact) mass is 546 g/mol. The van der Waals surface area contributed by atoms with Gasteiger partial charge in [-0.3, -0.25) is 14.4 Å². The fourth-order valence-electron chi connectivity index (χ4n) is 3.73. The van der Waals surface area contributed by atoms with Crippen molar-refractivity contribution in [1.29, 1.82) is 0 Å². The number of hydrogen-bond donors (Lipinski definition) is 1. The van der Waals surface area contributed by atoms with Gasteiger partial charge in [0.25, 0.3) is 0 Å². The van der Waals surface area contributed by atoms with E-state index in [0.717, 1.165) is 57.8 Å². The maximum Gasteiger partial charge on any atom is 0.306 e. The standard InChI is InChI=1S/C33H54O6/c1-3-5-7-8-14-18-22-26-32(36)38-29-31(28-34)39-33(37)27-23-19-16-13-11-9-10-12-15-17-21-25-30(35)24-20-6-4-2/h9-10,13,15-17,21,25,31,34H,3-8,11-12,14,18-20,22-24,26-29H2,1-2H3/b10-9-,16-13-,17-15-,25-21+/t31-/m0/s1. The lowest BCUT2D eigenvalue weighted by molar-refractivity contribution is -0.161. The van der Waals surface area contributed by atoms with Gasteiger partial charge in [-0.2, -0.15) is 0 Å². The Morgan fingerprint density at radius 2 is 1.26 bits per heavy atom. The Kier molecular flexibility index (Phi) is 26.7. The molecule has 0 aliphatic rings. The van der Waals surface area contributed by atoms with Crippen molar-refractivity contribution < 1.29 is 29.0 Å². The maximum absolute atomic E-state index is 12.0. The van der Waals surface area contributed by atoms with Crippen LogP contribution in [0.2, 0.25) is 0 Å². The van der Waals surface area contributed by atoms with E-state index in [-0.39, 0.29) is 31.4 Å². The lowest BCUT2D eigenvalue weighted by Gasteiger charge is -2.15. The summed E-state index contributed by atoms with van der Waals surface area (Å²) in [5.74, 6) is -0.520. The average Bonchev–Trinajstić information content (AvgIpc) is 2.93. The molecule has 0 fully saturated rings. The number of allylic oxidation sites excluding steroid dienone is 8. The molecule has 0 rings (SSSR count). The first kappa shape index (κ1) is 36.5. The van der Waals surface area contributed by atoms with Gasteiger partial charge in [-0.15, -0.1) is 0 Å². The molecule has 0 unspecified atom stereocenters. The van der Waals surface area contributed by atoms with E-state index in [1.165, 1.54) is 25.7 Å². The van der Waals surface area contributed by atoms with Crippen LogP contribution in [-0.4, -0.2) is 42.1 Å². The Bertz CT molecular complexity index is 734.